The predicted molar refractivity (Wildman–Crippen MR) is 80.9 cm³/mol. The monoisotopic (exact) mass is 284 g/mol. The molecule has 0 radical (unpaired) electrons. The number of halogens is 1. The smallest absolute Gasteiger partial charge is 0.267 e. The van der Waals surface area contributed by atoms with Crippen LogP contribution in [0, 0.1) is 0 Å². The number of aromatic amines is 1. The molecule has 3 nitrogen and oxygen atoms in total. The summed E-state index contributed by atoms with van der Waals surface area (Å²) in [5.41, 5.74) is 2.37. The number of nitrogens with one attached hydrogen (secondary N) is 2. The van der Waals surface area contributed by atoms with Gasteiger partial charge in [-0.3, -0.25) is 4.79 Å². The summed E-state index contributed by atoms with van der Waals surface area (Å²) in [6.07, 6.45) is 0. The Morgan fingerprint density at radius 3 is 2.65 bits per heavy atom. The highest BCUT2D eigenvalue weighted by atomic mass is 35.5. The molecule has 0 aliphatic carbocycles. The molecule has 3 rings (SSSR count). The second-order valence-corrected chi connectivity index (χ2v) is 4.96. The van der Waals surface area contributed by atoms with Crippen LogP contribution >= 0.6 is 11.6 Å². The van der Waals surface area contributed by atoms with Crippen molar-refractivity contribution in [1.29, 1.82) is 0 Å². The first kappa shape index (κ1) is 12.8. The van der Waals surface area contributed by atoms with E-state index in [1.165, 1.54) is 0 Å². The fourth-order valence-electron chi connectivity index (χ4n) is 2.11. The maximum absolute atomic E-state index is 12.1. The molecule has 3 aromatic rings. The zero-order chi connectivity index (χ0) is 13.9. The van der Waals surface area contributed by atoms with Gasteiger partial charge in [0.25, 0.3) is 5.91 Å². The average molecular weight is 285 g/mol. The fraction of sp³-hybridized carbons (Fsp3) is 0.0625. The minimum atomic E-state index is -0.138. The lowest BCUT2D eigenvalue weighted by Crippen LogP contribution is -2.22. The van der Waals surface area contributed by atoms with E-state index in [1.54, 1.807) is 6.07 Å². The summed E-state index contributed by atoms with van der Waals surface area (Å²) in [5, 5.41) is 4.43. The van der Waals surface area contributed by atoms with Gasteiger partial charge in [0.1, 0.15) is 5.69 Å². The van der Waals surface area contributed by atoms with Gasteiger partial charge in [0.15, 0.2) is 0 Å². The highest BCUT2D eigenvalue weighted by molar-refractivity contribution is 6.35. The van der Waals surface area contributed by atoms with E-state index >= 15 is 0 Å². The van der Waals surface area contributed by atoms with Crippen LogP contribution in [0.4, 0.5) is 0 Å². The van der Waals surface area contributed by atoms with Gasteiger partial charge in [-0.05, 0) is 17.7 Å². The van der Waals surface area contributed by atoms with Crippen molar-refractivity contribution in [2.45, 2.75) is 6.54 Å². The van der Waals surface area contributed by atoms with E-state index in [0.717, 1.165) is 16.5 Å². The lowest BCUT2D eigenvalue weighted by atomic mass is 10.2. The largest absolute Gasteiger partial charge is 0.349 e. The molecule has 1 amide bonds. The van der Waals surface area contributed by atoms with Crippen LogP contribution in [0.2, 0.25) is 5.02 Å². The Morgan fingerprint density at radius 2 is 1.90 bits per heavy atom. The molecule has 0 atom stereocenters. The molecule has 0 aliphatic heterocycles. The number of amides is 1. The Hall–Kier alpha value is -2.26. The molecule has 0 aliphatic rings. The zero-order valence-corrected chi connectivity index (χ0v) is 11.4. The van der Waals surface area contributed by atoms with Crippen LogP contribution in [0.5, 0.6) is 0 Å². The number of carbonyl (C=O) groups excluding carboxylic acids is 1. The summed E-state index contributed by atoms with van der Waals surface area (Å²) in [7, 11) is 0. The third-order valence-electron chi connectivity index (χ3n) is 3.15. The van der Waals surface area contributed by atoms with Gasteiger partial charge >= 0.3 is 0 Å². The van der Waals surface area contributed by atoms with Crippen LogP contribution in [-0.4, -0.2) is 10.9 Å². The van der Waals surface area contributed by atoms with Crippen LogP contribution in [0.25, 0.3) is 10.9 Å². The van der Waals surface area contributed by atoms with Gasteiger partial charge in [-0.2, -0.15) is 0 Å². The van der Waals surface area contributed by atoms with Gasteiger partial charge in [0, 0.05) is 11.9 Å². The number of aromatic nitrogens is 1. The van der Waals surface area contributed by atoms with Crippen molar-refractivity contribution in [1.82, 2.24) is 10.3 Å². The lowest BCUT2D eigenvalue weighted by Gasteiger charge is -2.03. The molecule has 2 aromatic carbocycles. The van der Waals surface area contributed by atoms with Crippen LogP contribution in [0.3, 0.4) is 0 Å². The summed E-state index contributed by atoms with van der Waals surface area (Å²) in [6, 6.07) is 17.2. The third kappa shape index (κ3) is 2.53. The van der Waals surface area contributed by atoms with Crippen LogP contribution in [0.15, 0.2) is 54.6 Å². The first-order chi connectivity index (χ1) is 9.74. The number of fused-ring (bicyclic) bond motifs is 1. The van der Waals surface area contributed by atoms with E-state index in [2.05, 4.69) is 10.3 Å². The highest BCUT2D eigenvalue weighted by Crippen LogP contribution is 2.23. The molecule has 100 valence electrons. The molecule has 0 unspecified atom stereocenters. The van der Waals surface area contributed by atoms with E-state index in [9.17, 15) is 4.79 Å². The van der Waals surface area contributed by atoms with Crippen molar-refractivity contribution in [3.05, 3.63) is 70.9 Å². The summed E-state index contributed by atoms with van der Waals surface area (Å²) < 4.78 is 0. The zero-order valence-electron chi connectivity index (χ0n) is 10.7. The molecule has 0 bridgehead atoms. The number of benzene rings is 2. The SMILES string of the molecule is O=C(NCc1ccccc1)c1cc2cccc(Cl)c2[nH]1. The first-order valence-corrected chi connectivity index (χ1v) is 6.71. The fourth-order valence-corrected chi connectivity index (χ4v) is 2.34. The van der Waals surface area contributed by atoms with Crippen molar-refractivity contribution in [2.24, 2.45) is 0 Å². The van der Waals surface area contributed by atoms with E-state index < -0.39 is 0 Å². The molecule has 0 spiro atoms. The molecule has 20 heavy (non-hydrogen) atoms. The minimum Gasteiger partial charge on any atom is -0.349 e. The summed E-state index contributed by atoms with van der Waals surface area (Å²) in [6.45, 7) is 0.503. The number of hydrogen-bond acceptors (Lipinski definition) is 1. The van der Waals surface area contributed by atoms with Gasteiger partial charge in [-0.25, -0.2) is 0 Å². The van der Waals surface area contributed by atoms with E-state index in [4.69, 9.17) is 11.6 Å². The third-order valence-corrected chi connectivity index (χ3v) is 3.46. The predicted octanol–water partition coefficient (Wildman–Crippen LogP) is 3.75. The Morgan fingerprint density at radius 1 is 1.10 bits per heavy atom. The molecule has 0 saturated heterocycles. The standard InChI is InChI=1S/C16H13ClN2O/c17-13-8-4-7-12-9-14(19-15(12)13)16(20)18-10-11-5-2-1-3-6-11/h1-9,19H,10H2,(H,18,20). The quantitative estimate of drug-likeness (QED) is 0.756. The van der Waals surface area contributed by atoms with E-state index in [0.29, 0.717) is 17.3 Å². The Bertz CT molecular complexity index is 750. The summed E-state index contributed by atoms with van der Waals surface area (Å²) in [5.74, 6) is -0.138. The Kier molecular flexibility index (Phi) is 3.44. The topological polar surface area (TPSA) is 44.9 Å². The number of rotatable bonds is 3. The van der Waals surface area contributed by atoms with Gasteiger partial charge in [0.2, 0.25) is 0 Å². The molecule has 2 N–H and O–H groups in total. The average Bonchev–Trinajstić information content (AvgIpc) is 2.91. The number of hydrogen-bond donors (Lipinski definition) is 2. The van der Waals surface area contributed by atoms with Crippen LogP contribution in [-0.2, 0) is 6.54 Å². The summed E-state index contributed by atoms with van der Waals surface area (Å²) in [4.78, 5) is 15.2. The molecule has 0 fully saturated rings. The molecule has 4 heteroatoms. The van der Waals surface area contributed by atoms with Crippen molar-refractivity contribution in [2.75, 3.05) is 0 Å². The first-order valence-electron chi connectivity index (χ1n) is 6.33. The maximum Gasteiger partial charge on any atom is 0.267 e. The molecule has 1 heterocycles. The number of H-pyrrole nitrogens is 1. The van der Waals surface area contributed by atoms with Crippen molar-refractivity contribution in [3.63, 3.8) is 0 Å². The van der Waals surface area contributed by atoms with Crippen LogP contribution in [0.1, 0.15) is 16.1 Å². The van der Waals surface area contributed by atoms with Crippen molar-refractivity contribution >= 4 is 28.4 Å². The van der Waals surface area contributed by atoms with Crippen LogP contribution < -0.4 is 5.32 Å². The van der Waals surface area contributed by atoms with E-state index in [-0.39, 0.29) is 5.91 Å². The molecular weight excluding hydrogens is 272 g/mol. The van der Waals surface area contributed by atoms with E-state index in [1.807, 2.05) is 48.5 Å². The molecular formula is C16H13ClN2O. The van der Waals surface area contributed by atoms with Gasteiger partial charge in [0.05, 0.1) is 10.5 Å². The van der Waals surface area contributed by atoms with Crippen molar-refractivity contribution < 1.29 is 4.79 Å². The normalized spacial score (nSPS) is 10.7. The Labute approximate surface area is 121 Å². The van der Waals surface area contributed by atoms with Gasteiger partial charge in [-0.1, -0.05) is 54.1 Å². The maximum atomic E-state index is 12.1. The number of para-hydroxylation sites is 1. The second-order valence-electron chi connectivity index (χ2n) is 4.56. The molecule has 0 saturated carbocycles. The minimum absolute atomic E-state index is 0.138. The molecule has 1 aromatic heterocycles. The second kappa shape index (κ2) is 5.39. The lowest BCUT2D eigenvalue weighted by molar-refractivity contribution is 0.0947. The van der Waals surface area contributed by atoms with Crippen molar-refractivity contribution in [3.8, 4) is 0 Å². The van der Waals surface area contributed by atoms with Gasteiger partial charge < -0.3 is 10.3 Å². The highest BCUT2D eigenvalue weighted by Gasteiger charge is 2.10. The number of carbonyl (C=O) groups is 1. The van der Waals surface area contributed by atoms with Gasteiger partial charge in [-0.15, -0.1) is 0 Å². The Balaban J connectivity index is 1.77. The summed E-state index contributed by atoms with van der Waals surface area (Å²) >= 11 is 6.09.